The van der Waals surface area contributed by atoms with E-state index in [2.05, 4.69) is 15.8 Å². The van der Waals surface area contributed by atoms with Crippen molar-refractivity contribution in [1.82, 2.24) is 5.43 Å². The topological polar surface area (TPSA) is 54.9 Å². The van der Waals surface area contributed by atoms with Gasteiger partial charge in [-0.2, -0.15) is 5.10 Å². The molecule has 0 aliphatic heterocycles. The van der Waals surface area contributed by atoms with Crippen molar-refractivity contribution >= 4 is 52.4 Å². The van der Waals surface area contributed by atoms with Crippen molar-refractivity contribution in [2.24, 2.45) is 5.10 Å². The first kappa shape index (κ1) is 21.9. The lowest BCUT2D eigenvalue weighted by Gasteiger charge is -2.13. The maximum atomic E-state index is 6.19. The number of anilines is 1. The van der Waals surface area contributed by atoms with Gasteiger partial charge < -0.3 is 14.8 Å². The number of rotatable bonds is 7. The number of nitrogens with zero attached hydrogens (tertiary/aromatic N) is 1. The molecule has 0 unspecified atom stereocenters. The smallest absolute Gasteiger partial charge is 0.191 e. The van der Waals surface area contributed by atoms with E-state index in [-0.39, 0.29) is 6.61 Å². The molecule has 0 aliphatic carbocycles. The Morgan fingerprint density at radius 2 is 1.73 bits per heavy atom. The van der Waals surface area contributed by atoms with Crippen LogP contribution in [-0.2, 0) is 6.61 Å². The number of thiocarbonyl (C=S) groups is 1. The molecule has 0 atom stereocenters. The summed E-state index contributed by atoms with van der Waals surface area (Å²) in [6.07, 6.45) is 1.64. The number of nitrogens with one attached hydrogen (secondary N) is 2. The van der Waals surface area contributed by atoms with Gasteiger partial charge in [-0.05, 0) is 60.2 Å². The molecule has 154 valence electrons. The molecule has 5 nitrogen and oxygen atoms in total. The molecule has 0 aliphatic rings. The maximum Gasteiger partial charge on any atom is 0.191 e. The lowest BCUT2D eigenvalue weighted by molar-refractivity contribution is 0.284. The number of para-hydroxylation sites is 1. The van der Waals surface area contributed by atoms with E-state index in [4.69, 9.17) is 44.9 Å². The first-order valence-electron chi connectivity index (χ1n) is 8.95. The zero-order chi connectivity index (χ0) is 21.3. The lowest BCUT2D eigenvalue weighted by Crippen LogP contribution is -2.23. The molecular formula is C22H19Cl2N3O2S. The summed E-state index contributed by atoms with van der Waals surface area (Å²) in [7, 11) is 1.57. The van der Waals surface area contributed by atoms with Crippen molar-refractivity contribution in [2.45, 2.75) is 6.61 Å². The second kappa shape index (κ2) is 10.8. The van der Waals surface area contributed by atoms with E-state index < -0.39 is 0 Å². The molecule has 3 aromatic carbocycles. The van der Waals surface area contributed by atoms with E-state index in [1.165, 1.54) is 0 Å². The van der Waals surface area contributed by atoms with Crippen molar-refractivity contribution in [1.29, 1.82) is 0 Å². The molecule has 2 N–H and O–H groups in total. The minimum Gasteiger partial charge on any atom is -0.493 e. The van der Waals surface area contributed by atoms with Crippen LogP contribution in [0.2, 0.25) is 10.0 Å². The van der Waals surface area contributed by atoms with Crippen molar-refractivity contribution in [3.05, 3.63) is 87.9 Å². The highest BCUT2D eigenvalue weighted by atomic mass is 35.5. The monoisotopic (exact) mass is 459 g/mol. The summed E-state index contributed by atoms with van der Waals surface area (Å²) in [5.74, 6) is 1.13. The van der Waals surface area contributed by atoms with Crippen LogP contribution in [0, 0.1) is 0 Å². The molecular weight excluding hydrogens is 441 g/mol. The van der Waals surface area contributed by atoms with E-state index in [0.29, 0.717) is 26.7 Å². The van der Waals surface area contributed by atoms with Crippen molar-refractivity contribution in [3.8, 4) is 11.5 Å². The minimum absolute atomic E-state index is 0.225. The third kappa shape index (κ3) is 6.10. The van der Waals surface area contributed by atoms with Gasteiger partial charge in [0.25, 0.3) is 0 Å². The predicted octanol–water partition coefficient (Wildman–Crippen LogP) is 5.90. The second-order valence-electron chi connectivity index (χ2n) is 6.09. The van der Waals surface area contributed by atoms with E-state index in [1.54, 1.807) is 37.6 Å². The van der Waals surface area contributed by atoms with Crippen LogP contribution in [0.1, 0.15) is 11.1 Å². The van der Waals surface area contributed by atoms with Crippen LogP contribution in [0.15, 0.2) is 71.8 Å². The van der Waals surface area contributed by atoms with E-state index in [1.807, 2.05) is 42.5 Å². The van der Waals surface area contributed by atoms with Gasteiger partial charge in [0.2, 0.25) is 0 Å². The fraction of sp³-hybridized carbons (Fsp3) is 0.0909. The predicted molar refractivity (Wildman–Crippen MR) is 127 cm³/mol. The third-order valence-electron chi connectivity index (χ3n) is 4.03. The Kier molecular flexibility index (Phi) is 7.90. The molecule has 0 spiro atoms. The van der Waals surface area contributed by atoms with Gasteiger partial charge in [-0.3, -0.25) is 5.43 Å². The van der Waals surface area contributed by atoms with Gasteiger partial charge in [0, 0.05) is 21.3 Å². The summed E-state index contributed by atoms with van der Waals surface area (Å²) < 4.78 is 11.3. The summed E-state index contributed by atoms with van der Waals surface area (Å²) in [5, 5.41) is 8.69. The molecule has 3 rings (SSSR count). The molecule has 3 aromatic rings. The van der Waals surface area contributed by atoms with Gasteiger partial charge in [-0.15, -0.1) is 0 Å². The standard InChI is InChI=1S/C22H19Cl2N3O2S/c1-28-21-12-15(13-25-27-22(30)26-16-6-3-2-4-7-16)10-11-20(21)29-14-17-18(23)8-5-9-19(17)24/h2-13H,14H2,1H3,(H2,26,27,30)/b25-13+. The summed E-state index contributed by atoms with van der Waals surface area (Å²) in [6, 6.07) is 20.4. The van der Waals surface area contributed by atoms with Gasteiger partial charge in [0.15, 0.2) is 16.6 Å². The molecule has 0 aromatic heterocycles. The number of hydrogen-bond acceptors (Lipinski definition) is 4. The Morgan fingerprint density at radius 1 is 1.00 bits per heavy atom. The zero-order valence-corrected chi connectivity index (χ0v) is 18.4. The summed E-state index contributed by atoms with van der Waals surface area (Å²) in [4.78, 5) is 0. The SMILES string of the molecule is COc1cc(/C=N/NC(=S)Nc2ccccc2)ccc1OCc1c(Cl)cccc1Cl. The Morgan fingerprint density at radius 3 is 2.43 bits per heavy atom. The molecule has 0 heterocycles. The van der Waals surface area contributed by atoms with Crippen molar-refractivity contribution in [3.63, 3.8) is 0 Å². The van der Waals surface area contributed by atoms with Crippen LogP contribution in [0.5, 0.6) is 11.5 Å². The fourth-order valence-corrected chi connectivity index (χ4v) is 3.23. The summed E-state index contributed by atoms with van der Waals surface area (Å²) in [6.45, 7) is 0.225. The van der Waals surface area contributed by atoms with Crippen LogP contribution in [0.25, 0.3) is 0 Å². The number of ether oxygens (including phenoxy) is 2. The normalized spacial score (nSPS) is 10.6. The number of hydrogen-bond donors (Lipinski definition) is 2. The number of benzene rings is 3. The van der Waals surface area contributed by atoms with E-state index in [0.717, 1.165) is 16.8 Å². The molecule has 0 amide bonds. The molecule has 0 radical (unpaired) electrons. The van der Waals surface area contributed by atoms with Crippen LogP contribution < -0.4 is 20.2 Å². The van der Waals surface area contributed by atoms with E-state index >= 15 is 0 Å². The maximum absolute atomic E-state index is 6.19. The molecule has 30 heavy (non-hydrogen) atoms. The highest BCUT2D eigenvalue weighted by Crippen LogP contribution is 2.31. The molecule has 0 saturated carbocycles. The Balaban J connectivity index is 1.61. The molecule has 0 bridgehead atoms. The molecule has 8 heteroatoms. The highest BCUT2D eigenvalue weighted by Gasteiger charge is 2.10. The first-order valence-corrected chi connectivity index (χ1v) is 10.1. The minimum atomic E-state index is 0.225. The van der Waals surface area contributed by atoms with Gasteiger partial charge in [-0.25, -0.2) is 0 Å². The number of halogens is 2. The number of hydrazone groups is 1. The van der Waals surface area contributed by atoms with Gasteiger partial charge >= 0.3 is 0 Å². The molecule has 0 fully saturated rings. The molecule has 0 saturated heterocycles. The first-order chi connectivity index (χ1) is 14.6. The largest absolute Gasteiger partial charge is 0.493 e. The highest BCUT2D eigenvalue weighted by molar-refractivity contribution is 7.80. The van der Waals surface area contributed by atoms with Crippen LogP contribution in [0.4, 0.5) is 5.69 Å². The lowest BCUT2D eigenvalue weighted by atomic mass is 10.2. The quantitative estimate of drug-likeness (QED) is 0.261. The Bertz CT molecular complexity index is 1030. The summed E-state index contributed by atoms with van der Waals surface area (Å²) in [5.41, 5.74) is 5.19. The third-order valence-corrected chi connectivity index (χ3v) is 4.93. The van der Waals surface area contributed by atoms with Crippen molar-refractivity contribution < 1.29 is 9.47 Å². The van der Waals surface area contributed by atoms with E-state index in [9.17, 15) is 0 Å². The van der Waals surface area contributed by atoms with Gasteiger partial charge in [0.05, 0.1) is 13.3 Å². The van der Waals surface area contributed by atoms with Crippen LogP contribution in [0.3, 0.4) is 0 Å². The second-order valence-corrected chi connectivity index (χ2v) is 7.31. The average Bonchev–Trinajstić information content (AvgIpc) is 2.74. The average molecular weight is 460 g/mol. The number of methoxy groups -OCH3 is 1. The van der Waals surface area contributed by atoms with Crippen molar-refractivity contribution in [2.75, 3.05) is 12.4 Å². The van der Waals surface area contributed by atoms with Crippen LogP contribution in [-0.4, -0.2) is 18.4 Å². The Hall–Kier alpha value is -2.80. The zero-order valence-electron chi connectivity index (χ0n) is 16.1. The summed E-state index contributed by atoms with van der Waals surface area (Å²) >= 11 is 17.6. The van der Waals surface area contributed by atoms with Gasteiger partial charge in [-0.1, -0.05) is 47.5 Å². The van der Waals surface area contributed by atoms with Gasteiger partial charge in [0.1, 0.15) is 6.61 Å². The fourth-order valence-electron chi connectivity index (χ4n) is 2.55. The Labute approximate surface area is 190 Å². The van der Waals surface area contributed by atoms with Crippen LogP contribution >= 0.6 is 35.4 Å².